The molecule has 0 spiro atoms. The summed E-state index contributed by atoms with van der Waals surface area (Å²) in [5.74, 6) is -0.527. The Morgan fingerprint density at radius 1 is 1.42 bits per heavy atom. The molecule has 1 aromatic heterocycles. The molecule has 1 heterocycles. The van der Waals surface area contributed by atoms with Crippen LogP contribution < -0.4 is 0 Å². The third-order valence-corrected chi connectivity index (χ3v) is 8.76. The molecule has 0 radical (unpaired) electrons. The molecule has 19 heavy (non-hydrogen) atoms. The highest BCUT2D eigenvalue weighted by atomic mass is 79.9. The van der Waals surface area contributed by atoms with Crippen molar-refractivity contribution in [3.05, 3.63) is 28.2 Å². The number of halogens is 2. The quantitative estimate of drug-likeness (QED) is 0.834. The lowest BCUT2D eigenvalue weighted by Crippen LogP contribution is -2.41. The molecule has 0 aliphatic carbocycles. The van der Waals surface area contributed by atoms with Crippen LogP contribution in [0.25, 0.3) is 0 Å². The number of aliphatic hydroxyl groups excluding tert-OH is 1. The summed E-state index contributed by atoms with van der Waals surface area (Å²) < 4.78 is 20.0. The van der Waals surface area contributed by atoms with E-state index in [0.29, 0.717) is 4.47 Å². The van der Waals surface area contributed by atoms with E-state index in [-0.39, 0.29) is 17.2 Å². The average Bonchev–Trinajstić information content (AvgIpc) is 2.24. The molecule has 0 aliphatic heterocycles. The Labute approximate surface area is 123 Å². The maximum atomic E-state index is 13.7. The Balaban J connectivity index is 2.79. The molecule has 6 heteroatoms. The van der Waals surface area contributed by atoms with Crippen molar-refractivity contribution >= 4 is 24.2 Å². The number of pyridine rings is 1. The smallest absolute Gasteiger partial charge is 0.192 e. The minimum Gasteiger partial charge on any atom is -0.414 e. The first-order valence-corrected chi connectivity index (χ1v) is 9.87. The van der Waals surface area contributed by atoms with E-state index in [4.69, 9.17) is 4.43 Å². The fraction of sp³-hybridized carbons (Fsp3) is 0.615. The predicted octanol–water partition coefficient (Wildman–Crippen LogP) is 4.04. The van der Waals surface area contributed by atoms with Crippen molar-refractivity contribution in [2.75, 3.05) is 6.61 Å². The number of nitrogens with zero attached hydrogens (tertiary/aromatic N) is 1. The summed E-state index contributed by atoms with van der Waals surface area (Å²) in [6.45, 7) is 10.6. The molecular formula is C13H21BrFNO2Si. The van der Waals surface area contributed by atoms with Gasteiger partial charge in [0, 0.05) is 16.2 Å². The summed E-state index contributed by atoms with van der Waals surface area (Å²) in [6, 6.07) is 0. The third kappa shape index (κ3) is 4.08. The molecule has 1 N–H and O–H groups in total. The van der Waals surface area contributed by atoms with Gasteiger partial charge in [-0.15, -0.1) is 0 Å². The van der Waals surface area contributed by atoms with Gasteiger partial charge in [0.1, 0.15) is 11.9 Å². The van der Waals surface area contributed by atoms with E-state index in [9.17, 15) is 9.50 Å². The molecule has 1 unspecified atom stereocenters. The van der Waals surface area contributed by atoms with Crippen molar-refractivity contribution in [3.8, 4) is 0 Å². The van der Waals surface area contributed by atoms with Crippen molar-refractivity contribution in [3.63, 3.8) is 0 Å². The summed E-state index contributed by atoms with van der Waals surface area (Å²) in [6.07, 6.45) is 1.57. The van der Waals surface area contributed by atoms with Crippen LogP contribution in [-0.4, -0.2) is 25.0 Å². The average molecular weight is 350 g/mol. The lowest BCUT2D eigenvalue weighted by Gasteiger charge is -2.36. The predicted molar refractivity (Wildman–Crippen MR) is 80.0 cm³/mol. The normalized spacial score (nSPS) is 14.5. The monoisotopic (exact) mass is 349 g/mol. The molecule has 0 amide bonds. The van der Waals surface area contributed by atoms with Crippen molar-refractivity contribution in [2.24, 2.45) is 0 Å². The minimum atomic E-state index is -1.95. The van der Waals surface area contributed by atoms with Crippen LogP contribution in [0.2, 0.25) is 18.1 Å². The van der Waals surface area contributed by atoms with Gasteiger partial charge in [0.05, 0.1) is 12.8 Å². The highest BCUT2D eigenvalue weighted by Crippen LogP contribution is 2.37. The summed E-state index contributed by atoms with van der Waals surface area (Å²) in [5.41, 5.74) is 0.203. The summed E-state index contributed by atoms with van der Waals surface area (Å²) in [4.78, 5) is 3.71. The molecule has 1 atom stereocenters. The molecule has 0 saturated carbocycles. The number of hydrogen-bond acceptors (Lipinski definition) is 3. The molecule has 3 nitrogen and oxygen atoms in total. The highest BCUT2D eigenvalue weighted by Gasteiger charge is 2.37. The number of aliphatic hydroxyl groups is 1. The first-order chi connectivity index (χ1) is 8.56. The van der Waals surface area contributed by atoms with E-state index >= 15 is 0 Å². The number of hydrogen-bond donors (Lipinski definition) is 1. The van der Waals surface area contributed by atoms with Crippen LogP contribution in [0.4, 0.5) is 4.39 Å². The van der Waals surface area contributed by atoms with E-state index in [1.807, 2.05) is 0 Å². The van der Waals surface area contributed by atoms with Gasteiger partial charge in [0.15, 0.2) is 8.32 Å². The van der Waals surface area contributed by atoms with Crippen LogP contribution in [0, 0.1) is 5.82 Å². The second-order valence-corrected chi connectivity index (χ2v) is 11.8. The Kier molecular flexibility index (Phi) is 5.28. The second kappa shape index (κ2) is 5.99. The van der Waals surface area contributed by atoms with Gasteiger partial charge in [0.25, 0.3) is 0 Å². The molecule has 1 aromatic rings. The van der Waals surface area contributed by atoms with Crippen LogP contribution in [0.15, 0.2) is 16.9 Å². The van der Waals surface area contributed by atoms with Crippen LogP contribution in [-0.2, 0) is 4.43 Å². The second-order valence-electron chi connectivity index (χ2n) is 6.10. The van der Waals surface area contributed by atoms with E-state index < -0.39 is 20.2 Å². The summed E-state index contributed by atoms with van der Waals surface area (Å²) in [7, 11) is -1.95. The van der Waals surface area contributed by atoms with Crippen LogP contribution in [0.3, 0.4) is 0 Å². The molecule has 0 bridgehead atoms. The zero-order valence-corrected chi connectivity index (χ0v) is 14.6. The highest BCUT2D eigenvalue weighted by molar-refractivity contribution is 9.10. The van der Waals surface area contributed by atoms with E-state index in [0.717, 1.165) is 6.20 Å². The molecule has 0 aromatic carbocycles. The van der Waals surface area contributed by atoms with Crippen molar-refractivity contribution in [2.45, 2.75) is 45.0 Å². The molecule has 1 rings (SSSR count). The maximum Gasteiger partial charge on any atom is 0.192 e. The zero-order chi connectivity index (χ0) is 14.8. The Bertz CT molecular complexity index is 429. The maximum absolute atomic E-state index is 13.7. The standard InChI is InChI=1S/C13H21BrFNO2Si/c1-13(2,3)19(4,5)18-8-11(17)12-9(14)6-16-7-10(12)15/h6-7,11,17H,8H2,1-5H3. The first-order valence-electron chi connectivity index (χ1n) is 6.17. The van der Waals surface area contributed by atoms with Crippen LogP contribution in [0.1, 0.15) is 32.4 Å². The largest absolute Gasteiger partial charge is 0.414 e. The Morgan fingerprint density at radius 2 is 2.00 bits per heavy atom. The fourth-order valence-electron chi connectivity index (χ4n) is 1.33. The lowest BCUT2D eigenvalue weighted by molar-refractivity contribution is 0.0966. The lowest BCUT2D eigenvalue weighted by atomic mass is 10.1. The summed E-state index contributed by atoms with van der Waals surface area (Å²) in [5, 5.41) is 10.2. The van der Waals surface area contributed by atoms with E-state index in [1.165, 1.54) is 6.20 Å². The van der Waals surface area contributed by atoms with Crippen LogP contribution >= 0.6 is 15.9 Å². The van der Waals surface area contributed by atoms with Gasteiger partial charge in [-0.3, -0.25) is 4.98 Å². The van der Waals surface area contributed by atoms with Gasteiger partial charge in [-0.2, -0.15) is 0 Å². The number of rotatable bonds is 4. The molecule has 0 aliphatic rings. The molecule has 108 valence electrons. The van der Waals surface area contributed by atoms with E-state index in [1.54, 1.807) is 0 Å². The van der Waals surface area contributed by atoms with Crippen molar-refractivity contribution in [1.29, 1.82) is 0 Å². The summed E-state index contributed by atoms with van der Waals surface area (Å²) >= 11 is 3.20. The van der Waals surface area contributed by atoms with Gasteiger partial charge < -0.3 is 9.53 Å². The third-order valence-electron chi connectivity index (χ3n) is 3.63. The molecule has 0 saturated heterocycles. The van der Waals surface area contributed by atoms with Crippen molar-refractivity contribution < 1.29 is 13.9 Å². The van der Waals surface area contributed by atoms with Gasteiger partial charge in [-0.25, -0.2) is 4.39 Å². The van der Waals surface area contributed by atoms with E-state index in [2.05, 4.69) is 54.8 Å². The SMILES string of the molecule is CC(C)(C)[Si](C)(C)OCC(O)c1c(F)cncc1Br. The zero-order valence-electron chi connectivity index (χ0n) is 12.0. The fourth-order valence-corrected chi connectivity index (χ4v) is 2.91. The van der Waals surface area contributed by atoms with Crippen molar-refractivity contribution in [1.82, 2.24) is 4.98 Å². The first kappa shape index (κ1) is 16.8. The van der Waals surface area contributed by atoms with Gasteiger partial charge in [0.2, 0.25) is 0 Å². The topological polar surface area (TPSA) is 42.4 Å². The van der Waals surface area contributed by atoms with Gasteiger partial charge in [-0.1, -0.05) is 20.8 Å². The van der Waals surface area contributed by atoms with Gasteiger partial charge >= 0.3 is 0 Å². The molecular weight excluding hydrogens is 329 g/mol. The Hall–Kier alpha value is -0.303. The minimum absolute atomic E-state index is 0.0563. The Morgan fingerprint density at radius 3 is 2.47 bits per heavy atom. The number of aromatic nitrogens is 1. The van der Waals surface area contributed by atoms with Gasteiger partial charge in [-0.05, 0) is 34.1 Å². The molecule has 0 fully saturated rings. The van der Waals surface area contributed by atoms with Crippen LogP contribution in [0.5, 0.6) is 0 Å².